The number of carbonyl (C=O) groups is 1. The second kappa shape index (κ2) is 15.4. The molecule has 0 saturated carbocycles. The normalized spacial score (nSPS) is 23.1. The highest BCUT2D eigenvalue weighted by molar-refractivity contribution is 5.73. The van der Waals surface area contributed by atoms with Gasteiger partial charge in [-0.05, 0) is 60.6 Å². The number of methoxy groups -OCH3 is 4. The van der Waals surface area contributed by atoms with E-state index in [1.54, 1.807) is 37.3 Å². The highest BCUT2D eigenvalue weighted by Crippen LogP contribution is 2.41. The Labute approximate surface area is 258 Å². The predicted octanol–water partition coefficient (Wildman–Crippen LogP) is 2.36. The molecule has 6 atom stereocenters. The van der Waals surface area contributed by atoms with E-state index in [0.29, 0.717) is 48.8 Å². The van der Waals surface area contributed by atoms with Crippen molar-refractivity contribution in [2.75, 3.05) is 41.5 Å². The van der Waals surface area contributed by atoms with Crippen LogP contribution in [0.1, 0.15) is 37.8 Å². The summed E-state index contributed by atoms with van der Waals surface area (Å²) in [5.74, 6) is 0.622. The molecule has 3 rings (SSSR count). The molecule has 1 heterocycles. The van der Waals surface area contributed by atoms with Gasteiger partial charge in [-0.15, -0.1) is 0 Å². The van der Waals surface area contributed by atoms with E-state index in [9.17, 15) is 30.5 Å². The first kappa shape index (κ1) is 34.9. The lowest BCUT2D eigenvalue weighted by atomic mass is 9.69. The highest BCUT2D eigenvalue weighted by atomic mass is 16.6. The van der Waals surface area contributed by atoms with E-state index >= 15 is 0 Å². The summed E-state index contributed by atoms with van der Waals surface area (Å²) in [4.78, 5) is 13.6. The Morgan fingerprint density at radius 2 is 1.50 bits per heavy atom. The molecule has 2 aromatic carbocycles. The Bertz CT molecular complexity index is 1300. The largest absolute Gasteiger partial charge is 0.493 e. The minimum absolute atomic E-state index is 0.0873. The topological polar surface area (TPSA) is 171 Å². The minimum Gasteiger partial charge on any atom is -0.493 e. The van der Waals surface area contributed by atoms with E-state index < -0.39 is 42.0 Å². The molecule has 0 amide bonds. The third kappa shape index (κ3) is 7.36. The molecule has 1 fully saturated rings. The van der Waals surface area contributed by atoms with Crippen LogP contribution in [0.25, 0.3) is 0 Å². The molecule has 1 aliphatic heterocycles. The van der Waals surface area contributed by atoms with Gasteiger partial charge in [0.1, 0.15) is 24.5 Å². The van der Waals surface area contributed by atoms with Gasteiger partial charge in [0.25, 0.3) is 0 Å². The second-order valence-corrected chi connectivity index (χ2v) is 11.1. The highest BCUT2D eigenvalue weighted by Gasteiger charge is 2.48. The molecule has 12 nitrogen and oxygen atoms in total. The van der Waals surface area contributed by atoms with Gasteiger partial charge in [0, 0.05) is 13.1 Å². The van der Waals surface area contributed by atoms with Crippen molar-refractivity contribution in [1.29, 1.82) is 5.26 Å². The molecule has 0 spiro atoms. The number of rotatable bonds is 15. The van der Waals surface area contributed by atoms with Crippen molar-refractivity contribution in [3.05, 3.63) is 47.5 Å². The van der Waals surface area contributed by atoms with E-state index in [1.165, 1.54) is 14.2 Å². The van der Waals surface area contributed by atoms with E-state index in [-0.39, 0.29) is 12.5 Å². The average Bonchev–Trinajstić information content (AvgIpc) is 3.03. The maximum atomic E-state index is 11.8. The fraction of sp³-hybridized carbons (Fsp3) is 0.562. The van der Waals surface area contributed by atoms with Crippen LogP contribution in [-0.2, 0) is 21.4 Å². The third-order valence-electron chi connectivity index (χ3n) is 8.43. The molecule has 0 aliphatic carbocycles. The maximum absolute atomic E-state index is 11.8. The second-order valence-electron chi connectivity index (χ2n) is 11.1. The van der Waals surface area contributed by atoms with Crippen molar-refractivity contribution in [3.8, 4) is 29.1 Å². The summed E-state index contributed by atoms with van der Waals surface area (Å²) in [6, 6.07) is 13.4. The summed E-state index contributed by atoms with van der Waals surface area (Å²) >= 11 is 0. The van der Waals surface area contributed by atoms with Gasteiger partial charge in [-0.1, -0.05) is 26.0 Å². The van der Waals surface area contributed by atoms with Crippen molar-refractivity contribution >= 4 is 5.97 Å². The van der Waals surface area contributed by atoms with Crippen molar-refractivity contribution < 1.29 is 48.9 Å². The van der Waals surface area contributed by atoms with Crippen LogP contribution < -0.4 is 18.9 Å². The third-order valence-corrected chi connectivity index (χ3v) is 8.43. The number of aliphatic hydroxyl groups excluding tert-OH is 3. The lowest BCUT2D eigenvalue weighted by Crippen LogP contribution is -2.64. The van der Waals surface area contributed by atoms with E-state index in [4.69, 9.17) is 23.7 Å². The van der Waals surface area contributed by atoms with Crippen molar-refractivity contribution in [1.82, 2.24) is 4.90 Å². The molecular formula is C32H44N2O10. The first-order chi connectivity index (χ1) is 21.0. The lowest BCUT2D eigenvalue weighted by molar-refractivity contribution is -0.259. The van der Waals surface area contributed by atoms with Gasteiger partial charge in [-0.3, -0.25) is 4.90 Å². The Kier molecular flexibility index (Phi) is 12.2. The molecule has 1 saturated heterocycles. The Morgan fingerprint density at radius 1 is 0.909 bits per heavy atom. The molecule has 2 aromatic rings. The van der Waals surface area contributed by atoms with E-state index in [1.807, 2.05) is 32.0 Å². The zero-order valence-corrected chi connectivity index (χ0v) is 26.1. The van der Waals surface area contributed by atoms with Crippen molar-refractivity contribution in [2.45, 2.75) is 69.2 Å². The first-order valence-electron chi connectivity index (χ1n) is 14.5. The molecule has 4 N–H and O–H groups in total. The minimum atomic E-state index is -1.80. The maximum Gasteiger partial charge on any atom is 0.335 e. The van der Waals surface area contributed by atoms with Gasteiger partial charge in [0.15, 0.2) is 29.1 Å². The number of benzene rings is 2. The predicted molar refractivity (Wildman–Crippen MR) is 160 cm³/mol. The van der Waals surface area contributed by atoms with Crippen LogP contribution in [0.5, 0.6) is 23.0 Å². The molecule has 0 unspecified atom stereocenters. The standard InChI is InChI=1S/C32H44N2O10/c1-19(2)32(18-33,21-9-11-23(41-4)25(17-21)43-6)13-7-14-34(15-12-20-8-10-22(40-3)24(16-20)42-5)30-28(37)26(35)27(36)29(44-30)31(38)39/h8-11,16-17,19,26-30,35-37H,7,12-15H2,1-6H3,(H,38,39)/t26-,27-,28+,29-,30+,32+/m0/s1. The van der Waals surface area contributed by atoms with Gasteiger partial charge in [-0.2, -0.15) is 5.26 Å². The SMILES string of the molecule is COc1ccc(CCN(CCC[C@](C#N)(c2ccc(OC)c(OC)c2)C(C)C)[C@@H]2O[C@H](C(=O)O)[C@@H](O)[C@H](O)[C@H]2O)cc1OC. The van der Waals surface area contributed by atoms with Crippen LogP contribution in [0.4, 0.5) is 0 Å². The summed E-state index contributed by atoms with van der Waals surface area (Å²) in [6.45, 7) is 4.52. The number of hydrogen-bond acceptors (Lipinski definition) is 11. The molecule has 12 heteroatoms. The summed E-state index contributed by atoms with van der Waals surface area (Å²) < 4.78 is 27.3. The number of hydrogen-bond donors (Lipinski definition) is 4. The van der Waals surface area contributed by atoms with E-state index in [2.05, 4.69) is 6.07 Å². The van der Waals surface area contributed by atoms with Crippen LogP contribution in [0.3, 0.4) is 0 Å². The quantitative estimate of drug-likeness (QED) is 0.231. The number of aliphatic carboxylic acids is 1. The molecule has 0 aromatic heterocycles. The lowest BCUT2D eigenvalue weighted by Gasteiger charge is -2.44. The summed E-state index contributed by atoms with van der Waals surface area (Å²) in [5.41, 5.74) is 0.745. The van der Waals surface area contributed by atoms with Gasteiger partial charge in [-0.25, -0.2) is 4.79 Å². The zero-order valence-electron chi connectivity index (χ0n) is 26.1. The summed E-state index contributed by atoms with van der Waals surface area (Å²) in [7, 11) is 6.15. The molecule has 44 heavy (non-hydrogen) atoms. The van der Waals surface area contributed by atoms with Crippen molar-refractivity contribution in [3.63, 3.8) is 0 Å². The first-order valence-corrected chi connectivity index (χ1v) is 14.5. The molecular weight excluding hydrogens is 572 g/mol. The van der Waals surface area contributed by atoms with Crippen LogP contribution in [0.15, 0.2) is 36.4 Å². The monoisotopic (exact) mass is 616 g/mol. The smallest absolute Gasteiger partial charge is 0.335 e. The fourth-order valence-corrected chi connectivity index (χ4v) is 5.73. The Morgan fingerprint density at radius 3 is 2.05 bits per heavy atom. The number of carboxylic acids is 1. The molecule has 0 radical (unpaired) electrons. The summed E-state index contributed by atoms with van der Waals surface area (Å²) in [5, 5.41) is 51.8. The van der Waals surface area contributed by atoms with Gasteiger partial charge in [0.2, 0.25) is 0 Å². The number of ether oxygens (including phenoxy) is 5. The van der Waals surface area contributed by atoms with Gasteiger partial charge < -0.3 is 44.1 Å². The van der Waals surface area contributed by atoms with Gasteiger partial charge >= 0.3 is 5.97 Å². The summed E-state index contributed by atoms with van der Waals surface area (Å²) in [6.07, 6.45) is -6.76. The number of carboxylic acid groups (broad SMARTS) is 1. The average molecular weight is 617 g/mol. The number of nitriles is 1. The zero-order chi connectivity index (χ0) is 32.6. The molecule has 1 aliphatic rings. The number of nitrogens with zero attached hydrogens (tertiary/aromatic N) is 2. The Hall–Kier alpha value is -3.60. The van der Waals surface area contributed by atoms with Crippen LogP contribution in [0.2, 0.25) is 0 Å². The van der Waals surface area contributed by atoms with Crippen LogP contribution >= 0.6 is 0 Å². The van der Waals surface area contributed by atoms with Crippen LogP contribution in [0, 0.1) is 17.2 Å². The van der Waals surface area contributed by atoms with E-state index in [0.717, 1.165) is 11.1 Å². The van der Waals surface area contributed by atoms with Crippen molar-refractivity contribution in [2.24, 2.45) is 5.92 Å². The number of aliphatic hydroxyl groups is 3. The molecule has 0 bridgehead atoms. The van der Waals surface area contributed by atoms with Crippen LogP contribution in [-0.4, -0.2) is 103 Å². The fourth-order valence-electron chi connectivity index (χ4n) is 5.73. The molecule has 242 valence electrons. The van der Waals surface area contributed by atoms with Gasteiger partial charge in [0.05, 0.1) is 39.9 Å². The Balaban J connectivity index is 1.91.